The van der Waals surface area contributed by atoms with Crippen LogP contribution in [0.5, 0.6) is 0 Å². The Labute approximate surface area is 146 Å². The molecule has 7 heteroatoms. The second-order valence-electron chi connectivity index (χ2n) is 6.51. The number of carbonyl (C=O) groups is 2. The van der Waals surface area contributed by atoms with E-state index >= 15 is 0 Å². The van der Waals surface area contributed by atoms with Crippen molar-refractivity contribution in [1.29, 1.82) is 0 Å². The Hall–Kier alpha value is -2.83. The Balaban J connectivity index is 1.47. The standard InChI is InChI=1S/C18H21N5O2/c24-17(16-11-15(20-21-16)13-5-2-1-3-6-13)22-9-4-7-14(12-22)23-10-8-19-18(23)25/h1-3,5-6,11,14H,4,7-10,12H2,(H,19,25)(H,20,21)/t14-/m1/s1. The van der Waals surface area contributed by atoms with Crippen molar-refractivity contribution in [2.45, 2.75) is 18.9 Å². The number of urea groups is 1. The Morgan fingerprint density at radius 2 is 2.04 bits per heavy atom. The third-order valence-corrected chi connectivity index (χ3v) is 4.89. The molecule has 2 saturated heterocycles. The number of carbonyl (C=O) groups excluding carboxylic acids is 2. The average Bonchev–Trinajstić information content (AvgIpc) is 3.31. The highest BCUT2D eigenvalue weighted by Crippen LogP contribution is 2.21. The van der Waals surface area contributed by atoms with Crippen molar-refractivity contribution in [3.63, 3.8) is 0 Å². The number of H-pyrrole nitrogens is 1. The molecule has 1 aromatic heterocycles. The molecule has 7 nitrogen and oxygen atoms in total. The lowest BCUT2D eigenvalue weighted by atomic mass is 10.0. The van der Waals surface area contributed by atoms with E-state index in [1.54, 1.807) is 6.07 Å². The molecule has 0 spiro atoms. The van der Waals surface area contributed by atoms with Crippen LogP contribution in [0.3, 0.4) is 0 Å². The van der Waals surface area contributed by atoms with Crippen LogP contribution in [0.25, 0.3) is 11.3 Å². The number of rotatable bonds is 3. The second kappa shape index (κ2) is 6.58. The topological polar surface area (TPSA) is 81.3 Å². The number of aromatic nitrogens is 2. The summed E-state index contributed by atoms with van der Waals surface area (Å²) in [5.41, 5.74) is 2.23. The van der Waals surface area contributed by atoms with Gasteiger partial charge in [0.15, 0.2) is 0 Å². The van der Waals surface area contributed by atoms with E-state index in [0.717, 1.165) is 24.1 Å². The molecule has 0 saturated carbocycles. The van der Waals surface area contributed by atoms with Crippen LogP contribution in [-0.4, -0.2) is 64.2 Å². The Kier molecular flexibility index (Phi) is 4.13. The highest BCUT2D eigenvalue weighted by Gasteiger charge is 2.33. The van der Waals surface area contributed by atoms with Crippen molar-refractivity contribution in [2.75, 3.05) is 26.2 Å². The van der Waals surface area contributed by atoms with E-state index in [0.29, 0.717) is 31.9 Å². The summed E-state index contributed by atoms with van der Waals surface area (Å²) in [5.74, 6) is -0.0565. The molecule has 25 heavy (non-hydrogen) atoms. The number of aromatic amines is 1. The lowest BCUT2D eigenvalue weighted by Gasteiger charge is -2.36. The minimum absolute atomic E-state index is 0.0211. The summed E-state index contributed by atoms with van der Waals surface area (Å²) in [7, 11) is 0. The fourth-order valence-electron chi connectivity index (χ4n) is 3.59. The first-order valence-corrected chi connectivity index (χ1v) is 8.67. The van der Waals surface area contributed by atoms with Gasteiger partial charge in [-0.15, -0.1) is 0 Å². The summed E-state index contributed by atoms with van der Waals surface area (Å²) < 4.78 is 0. The van der Waals surface area contributed by atoms with Gasteiger partial charge in [-0.25, -0.2) is 4.79 Å². The number of benzene rings is 1. The summed E-state index contributed by atoms with van der Waals surface area (Å²) in [6.45, 7) is 2.69. The van der Waals surface area contributed by atoms with E-state index in [1.807, 2.05) is 40.1 Å². The van der Waals surface area contributed by atoms with E-state index < -0.39 is 0 Å². The van der Waals surface area contributed by atoms with Crippen LogP contribution in [0.2, 0.25) is 0 Å². The first-order valence-electron chi connectivity index (χ1n) is 8.67. The summed E-state index contributed by atoms with van der Waals surface area (Å²) in [6.07, 6.45) is 1.84. The van der Waals surface area contributed by atoms with Gasteiger partial charge in [-0.05, 0) is 18.9 Å². The molecule has 2 aromatic rings. The Morgan fingerprint density at radius 1 is 1.20 bits per heavy atom. The van der Waals surface area contributed by atoms with Crippen molar-refractivity contribution in [3.8, 4) is 11.3 Å². The van der Waals surface area contributed by atoms with Gasteiger partial charge in [-0.2, -0.15) is 5.10 Å². The van der Waals surface area contributed by atoms with Crippen LogP contribution in [0.1, 0.15) is 23.3 Å². The number of piperidine rings is 1. The highest BCUT2D eigenvalue weighted by atomic mass is 16.2. The number of hydrogen-bond donors (Lipinski definition) is 2. The summed E-state index contributed by atoms with van der Waals surface area (Å²) in [6, 6.07) is 11.6. The molecule has 0 bridgehead atoms. The first kappa shape index (κ1) is 15.7. The van der Waals surface area contributed by atoms with Crippen molar-refractivity contribution >= 4 is 11.9 Å². The molecular weight excluding hydrogens is 318 g/mol. The molecule has 4 rings (SSSR count). The third kappa shape index (κ3) is 3.09. The SMILES string of the molecule is O=C(c1cc(-c2ccccc2)n[nH]1)N1CCC[C@@H](N2CCNC2=O)C1. The van der Waals surface area contributed by atoms with E-state index in [2.05, 4.69) is 15.5 Å². The van der Waals surface area contributed by atoms with Gasteiger partial charge in [-0.3, -0.25) is 9.89 Å². The van der Waals surface area contributed by atoms with Gasteiger partial charge in [0.05, 0.1) is 11.7 Å². The molecule has 2 aliphatic rings. The van der Waals surface area contributed by atoms with Crippen LogP contribution in [0.4, 0.5) is 4.79 Å². The molecule has 1 aromatic carbocycles. The molecule has 1 atom stereocenters. The van der Waals surface area contributed by atoms with Crippen LogP contribution in [0, 0.1) is 0 Å². The van der Waals surface area contributed by atoms with E-state index in [4.69, 9.17) is 0 Å². The predicted octanol–water partition coefficient (Wildman–Crippen LogP) is 1.71. The van der Waals surface area contributed by atoms with Gasteiger partial charge in [0.1, 0.15) is 5.69 Å². The molecule has 2 aliphatic heterocycles. The lowest BCUT2D eigenvalue weighted by molar-refractivity contribution is 0.0628. The Bertz CT molecular complexity index is 773. The molecule has 0 unspecified atom stereocenters. The van der Waals surface area contributed by atoms with Gasteiger partial charge in [-0.1, -0.05) is 30.3 Å². The molecule has 2 fully saturated rings. The number of hydrogen-bond acceptors (Lipinski definition) is 3. The maximum Gasteiger partial charge on any atom is 0.317 e. The number of likely N-dealkylation sites (tertiary alicyclic amines) is 1. The molecule has 3 amide bonds. The number of amides is 3. The molecule has 3 heterocycles. The molecular formula is C18H21N5O2. The van der Waals surface area contributed by atoms with E-state index in [9.17, 15) is 9.59 Å². The van der Waals surface area contributed by atoms with Crippen molar-refractivity contribution in [3.05, 3.63) is 42.1 Å². The third-order valence-electron chi connectivity index (χ3n) is 4.89. The summed E-state index contributed by atoms with van der Waals surface area (Å²) in [5, 5.41) is 9.96. The van der Waals surface area contributed by atoms with Crippen LogP contribution < -0.4 is 5.32 Å². The van der Waals surface area contributed by atoms with Crippen LogP contribution in [-0.2, 0) is 0 Å². The fourth-order valence-corrected chi connectivity index (χ4v) is 3.59. The van der Waals surface area contributed by atoms with Crippen LogP contribution in [0.15, 0.2) is 36.4 Å². The highest BCUT2D eigenvalue weighted by molar-refractivity contribution is 5.93. The first-order chi connectivity index (χ1) is 12.2. The zero-order chi connectivity index (χ0) is 17.2. The Morgan fingerprint density at radius 3 is 2.80 bits per heavy atom. The monoisotopic (exact) mass is 339 g/mol. The number of nitrogens with zero attached hydrogens (tertiary/aromatic N) is 3. The largest absolute Gasteiger partial charge is 0.336 e. The van der Waals surface area contributed by atoms with Gasteiger partial charge < -0.3 is 15.1 Å². The van der Waals surface area contributed by atoms with Gasteiger partial charge in [0, 0.05) is 31.7 Å². The number of nitrogens with one attached hydrogen (secondary N) is 2. The van der Waals surface area contributed by atoms with Gasteiger partial charge in [0.2, 0.25) is 0 Å². The smallest absolute Gasteiger partial charge is 0.317 e. The minimum atomic E-state index is -0.0565. The summed E-state index contributed by atoms with van der Waals surface area (Å²) >= 11 is 0. The van der Waals surface area contributed by atoms with Crippen molar-refractivity contribution in [2.24, 2.45) is 0 Å². The zero-order valence-electron chi connectivity index (χ0n) is 13.9. The predicted molar refractivity (Wildman–Crippen MR) is 93.1 cm³/mol. The average molecular weight is 339 g/mol. The molecule has 130 valence electrons. The van der Waals surface area contributed by atoms with Crippen molar-refractivity contribution in [1.82, 2.24) is 25.3 Å². The quantitative estimate of drug-likeness (QED) is 0.893. The maximum atomic E-state index is 12.8. The zero-order valence-corrected chi connectivity index (χ0v) is 13.9. The van der Waals surface area contributed by atoms with E-state index in [-0.39, 0.29) is 18.0 Å². The van der Waals surface area contributed by atoms with Crippen LogP contribution >= 0.6 is 0 Å². The van der Waals surface area contributed by atoms with Gasteiger partial charge >= 0.3 is 6.03 Å². The molecule has 0 radical (unpaired) electrons. The molecule has 2 N–H and O–H groups in total. The van der Waals surface area contributed by atoms with E-state index in [1.165, 1.54) is 0 Å². The fraction of sp³-hybridized carbons (Fsp3) is 0.389. The second-order valence-corrected chi connectivity index (χ2v) is 6.51. The normalized spacial score (nSPS) is 20.6. The lowest BCUT2D eigenvalue weighted by Crippen LogP contribution is -2.50. The minimum Gasteiger partial charge on any atom is -0.336 e. The molecule has 0 aliphatic carbocycles. The maximum absolute atomic E-state index is 12.8. The van der Waals surface area contributed by atoms with Gasteiger partial charge in [0.25, 0.3) is 5.91 Å². The summed E-state index contributed by atoms with van der Waals surface area (Å²) in [4.78, 5) is 28.4. The van der Waals surface area contributed by atoms with Crippen molar-refractivity contribution < 1.29 is 9.59 Å².